The molecule has 1 aliphatic heterocycles. The van der Waals surface area contributed by atoms with Gasteiger partial charge in [-0.1, -0.05) is 12.1 Å². The van der Waals surface area contributed by atoms with E-state index in [1.807, 2.05) is 6.07 Å². The van der Waals surface area contributed by atoms with Gasteiger partial charge in [-0.15, -0.1) is 6.58 Å². The summed E-state index contributed by atoms with van der Waals surface area (Å²) in [7, 11) is -3.42. The van der Waals surface area contributed by atoms with E-state index in [1.165, 1.54) is 11.6 Å². The monoisotopic (exact) mass is 252 g/mol. The van der Waals surface area contributed by atoms with E-state index in [9.17, 15) is 8.42 Å². The van der Waals surface area contributed by atoms with Gasteiger partial charge in [0.1, 0.15) is 0 Å². The minimum atomic E-state index is -3.42. The average molecular weight is 252 g/mol. The number of sulfonamides is 1. The van der Waals surface area contributed by atoms with Gasteiger partial charge in [-0.2, -0.15) is 0 Å². The van der Waals surface area contributed by atoms with E-state index in [-0.39, 0.29) is 6.54 Å². The first-order valence-corrected chi connectivity index (χ1v) is 7.09. The molecule has 0 aromatic heterocycles. The van der Waals surface area contributed by atoms with E-state index >= 15 is 0 Å². The molecule has 17 heavy (non-hydrogen) atoms. The molecule has 0 spiro atoms. The Labute approximate surface area is 102 Å². The van der Waals surface area contributed by atoms with Crippen molar-refractivity contribution >= 4 is 15.7 Å². The summed E-state index contributed by atoms with van der Waals surface area (Å²) < 4.78 is 26.2. The van der Waals surface area contributed by atoms with E-state index < -0.39 is 10.0 Å². The Bertz CT molecular complexity index is 523. The summed E-state index contributed by atoms with van der Waals surface area (Å²) in [5.41, 5.74) is 2.11. The zero-order chi connectivity index (χ0) is 12.3. The van der Waals surface area contributed by atoms with Crippen LogP contribution in [0.25, 0.3) is 0 Å². The molecule has 0 atom stereocenters. The van der Waals surface area contributed by atoms with Crippen molar-refractivity contribution in [3.63, 3.8) is 0 Å². The third-order valence-corrected chi connectivity index (χ3v) is 4.17. The van der Waals surface area contributed by atoms with E-state index in [0.29, 0.717) is 4.90 Å². The van der Waals surface area contributed by atoms with Crippen LogP contribution in [-0.2, 0) is 16.4 Å². The van der Waals surface area contributed by atoms with Crippen LogP contribution in [0.1, 0.15) is 12.0 Å². The lowest BCUT2D eigenvalue weighted by Gasteiger charge is -2.18. The number of hydrogen-bond acceptors (Lipinski definition) is 3. The smallest absolute Gasteiger partial charge is 0.240 e. The van der Waals surface area contributed by atoms with Crippen LogP contribution in [0.3, 0.4) is 0 Å². The van der Waals surface area contributed by atoms with Gasteiger partial charge in [0.05, 0.1) is 4.90 Å². The predicted octanol–water partition coefficient (Wildman–Crippen LogP) is 1.51. The van der Waals surface area contributed by atoms with Gasteiger partial charge < -0.3 is 5.32 Å². The molecule has 0 bridgehead atoms. The first-order chi connectivity index (χ1) is 8.13. The first kappa shape index (κ1) is 12.1. The van der Waals surface area contributed by atoms with Crippen LogP contribution >= 0.6 is 0 Å². The Balaban J connectivity index is 2.30. The van der Waals surface area contributed by atoms with Gasteiger partial charge >= 0.3 is 0 Å². The van der Waals surface area contributed by atoms with Crippen molar-refractivity contribution in [3.05, 3.63) is 36.4 Å². The highest BCUT2D eigenvalue weighted by Crippen LogP contribution is 2.24. The summed E-state index contributed by atoms with van der Waals surface area (Å²) in [6, 6.07) is 5.22. The van der Waals surface area contributed by atoms with Crippen molar-refractivity contribution in [2.24, 2.45) is 0 Å². The molecule has 0 radical (unpaired) electrons. The molecule has 0 unspecified atom stereocenters. The van der Waals surface area contributed by atoms with Gasteiger partial charge in [0.15, 0.2) is 0 Å². The lowest BCUT2D eigenvalue weighted by atomic mass is 10.0. The summed E-state index contributed by atoms with van der Waals surface area (Å²) in [5, 5.41) is 3.22. The van der Waals surface area contributed by atoms with E-state index in [2.05, 4.69) is 16.6 Å². The largest absolute Gasteiger partial charge is 0.385 e. The second-order valence-corrected chi connectivity index (χ2v) is 5.76. The molecule has 2 rings (SSSR count). The fourth-order valence-electron chi connectivity index (χ4n) is 1.86. The Morgan fingerprint density at radius 3 is 3.06 bits per heavy atom. The summed E-state index contributed by atoms with van der Waals surface area (Å²) in [6.45, 7) is 4.63. The number of fused-ring (bicyclic) bond motifs is 1. The molecule has 1 aromatic carbocycles. The van der Waals surface area contributed by atoms with Gasteiger partial charge in [0, 0.05) is 18.8 Å². The first-order valence-electron chi connectivity index (χ1n) is 5.61. The zero-order valence-electron chi connectivity index (χ0n) is 9.57. The number of aryl methyl sites for hydroxylation is 1. The molecule has 0 saturated heterocycles. The van der Waals surface area contributed by atoms with Gasteiger partial charge in [-0.05, 0) is 30.5 Å². The average Bonchev–Trinajstić information content (AvgIpc) is 2.36. The maximum Gasteiger partial charge on any atom is 0.240 e. The van der Waals surface area contributed by atoms with Crippen molar-refractivity contribution in [2.75, 3.05) is 18.4 Å². The Hall–Kier alpha value is -1.33. The van der Waals surface area contributed by atoms with Gasteiger partial charge in [-0.25, -0.2) is 13.1 Å². The molecular formula is C12H16N2O2S. The Morgan fingerprint density at radius 1 is 1.47 bits per heavy atom. The third-order valence-electron chi connectivity index (χ3n) is 2.75. The van der Waals surface area contributed by atoms with Crippen LogP contribution in [0.5, 0.6) is 0 Å². The molecule has 0 aliphatic carbocycles. The van der Waals surface area contributed by atoms with E-state index in [0.717, 1.165) is 25.1 Å². The van der Waals surface area contributed by atoms with Crippen molar-refractivity contribution in [3.8, 4) is 0 Å². The molecule has 1 aliphatic rings. The van der Waals surface area contributed by atoms with Crippen LogP contribution < -0.4 is 10.0 Å². The summed E-state index contributed by atoms with van der Waals surface area (Å²) in [4.78, 5) is 0.299. The molecule has 4 nitrogen and oxygen atoms in total. The maximum atomic E-state index is 11.9. The highest BCUT2D eigenvalue weighted by atomic mass is 32.2. The normalized spacial score (nSPS) is 14.8. The minimum absolute atomic E-state index is 0.243. The van der Waals surface area contributed by atoms with Gasteiger partial charge in [-0.3, -0.25) is 0 Å². The molecule has 0 amide bonds. The van der Waals surface area contributed by atoms with Gasteiger partial charge in [0.25, 0.3) is 0 Å². The molecular weight excluding hydrogens is 236 g/mol. The second-order valence-electron chi connectivity index (χ2n) is 3.99. The highest BCUT2D eigenvalue weighted by molar-refractivity contribution is 7.89. The molecule has 1 heterocycles. The van der Waals surface area contributed by atoms with Gasteiger partial charge in [0.2, 0.25) is 10.0 Å². The van der Waals surface area contributed by atoms with Crippen molar-refractivity contribution in [1.82, 2.24) is 4.72 Å². The Kier molecular flexibility index (Phi) is 3.49. The quantitative estimate of drug-likeness (QED) is 0.799. The second kappa shape index (κ2) is 4.89. The lowest BCUT2D eigenvalue weighted by Crippen LogP contribution is -2.24. The SMILES string of the molecule is C=CCNS(=O)(=O)c1ccc2c(c1)NCCC2. The van der Waals surface area contributed by atoms with Crippen LogP contribution in [0.2, 0.25) is 0 Å². The Morgan fingerprint density at radius 2 is 2.29 bits per heavy atom. The molecule has 2 N–H and O–H groups in total. The van der Waals surface area contributed by atoms with Crippen molar-refractivity contribution < 1.29 is 8.42 Å². The van der Waals surface area contributed by atoms with E-state index in [4.69, 9.17) is 0 Å². The zero-order valence-corrected chi connectivity index (χ0v) is 10.4. The number of anilines is 1. The fourth-order valence-corrected chi connectivity index (χ4v) is 2.88. The van der Waals surface area contributed by atoms with Crippen molar-refractivity contribution in [1.29, 1.82) is 0 Å². The number of nitrogens with one attached hydrogen (secondary N) is 2. The molecule has 0 saturated carbocycles. The maximum absolute atomic E-state index is 11.9. The number of hydrogen-bond donors (Lipinski definition) is 2. The topological polar surface area (TPSA) is 58.2 Å². The summed E-state index contributed by atoms with van der Waals surface area (Å²) in [6.07, 6.45) is 3.62. The third kappa shape index (κ3) is 2.68. The molecule has 92 valence electrons. The summed E-state index contributed by atoms with van der Waals surface area (Å²) >= 11 is 0. The van der Waals surface area contributed by atoms with Crippen LogP contribution in [-0.4, -0.2) is 21.5 Å². The van der Waals surface area contributed by atoms with Crippen LogP contribution in [0.15, 0.2) is 35.7 Å². The van der Waals surface area contributed by atoms with Crippen LogP contribution in [0, 0.1) is 0 Å². The highest BCUT2D eigenvalue weighted by Gasteiger charge is 2.16. The van der Waals surface area contributed by atoms with Crippen LogP contribution in [0.4, 0.5) is 5.69 Å². The fraction of sp³-hybridized carbons (Fsp3) is 0.333. The molecule has 0 fully saturated rings. The standard InChI is InChI=1S/C12H16N2O2S/c1-2-7-14-17(15,16)11-6-5-10-4-3-8-13-12(10)9-11/h2,5-6,9,13-14H,1,3-4,7-8H2. The minimum Gasteiger partial charge on any atom is -0.385 e. The number of rotatable bonds is 4. The molecule has 5 heteroatoms. The number of benzene rings is 1. The van der Waals surface area contributed by atoms with Crippen molar-refractivity contribution in [2.45, 2.75) is 17.7 Å². The molecule has 1 aromatic rings. The van der Waals surface area contributed by atoms with E-state index in [1.54, 1.807) is 12.1 Å². The lowest BCUT2D eigenvalue weighted by molar-refractivity contribution is 0.585. The predicted molar refractivity (Wildman–Crippen MR) is 68.6 cm³/mol. The summed E-state index contributed by atoms with van der Waals surface area (Å²) in [5.74, 6) is 0.